The van der Waals surface area contributed by atoms with E-state index < -0.39 is 10.0 Å². The van der Waals surface area contributed by atoms with E-state index in [1.54, 1.807) is 13.1 Å². The summed E-state index contributed by atoms with van der Waals surface area (Å²) in [5.41, 5.74) is 3.69. The molecule has 0 aliphatic carbocycles. The molecule has 0 saturated carbocycles. The van der Waals surface area contributed by atoms with E-state index >= 15 is 0 Å². The van der Waals surface area contributed by atoms with Crippen LogP contribution in [0.5, 0.6) is 0 Å². The first-order chi connectivity index (χ1) is 13.5. The van der Waals surface area contributed by atoms with E-state index in [2.05, 4.69) is 12.2 Å². The van der Waals surface area contributed by atoms with E-state index in [4.69, 9.17) is 0 Å². The lowest BCUT2D eigenvalue weighted by Gasteiger charge is -2.22. The number of unbranched alkanes of at least 4 members (excludes halogenated alkanes) is 5. The Labute approximate surface area is 170 Å². The van der Waals surface area contributed by atoms with E-state index in [-0.39, 0.29) is 6.04 Å². The number of rotatable bonds is 8. The maximum atomic E-state index is 13.2. The molecular weight excluding hydrogens is 368 g/mol. The summed E-state index contributed by atoms with van der Waals surface area (Å²) < 4.78 is 27.9. The Morgan fingerprint density at radius 3 is 2.46 bits per heavy atom. The van der Waals surface area contributed by atoms with Gasteiger partial charge in [0.05, 0.1) is 16.6 Å². The molecule has 0 amide bonds. The number of aryl methyl sites for hydroxylation is 1. The van der Waals surface area contributed by atoms with Gasteiger partial charge in [-0.05, 0) is 43.1 Å². The van der Waals surface area contributed by atoms with Crippen molar-refractivity contribution in [2.24, 2.45) is 0 Å². The van der Waals surface area contributed by atoms with Crippen molar-refractivity contribution < 1.29 is 8.42 Å². The first-order valence-corrected chi connectivity index (χ1v) is 11.8. The Bertz CT molecular complexity index is 909. The molecule has 0 fully saturated rings. The van der Waals surface area contributed by atoms with Crippen LogP contribution >= 0.6 is 0 Å². The normalized spacial score (nSPS) is 17.7. The van der Waals surface area contributed by atoms with Gasteiger partial charge in [-0.1, -0.05) is 74.9 Å². The molecule has 0 saturated heterocycles. The van der Waals surface area contributed by atoms with Crippen LogP contribution in [0.1, 0.15) is 68.2 Å². The number of hydrogen-bond donors (Lipinski definition) is 1. The maximum Gasteiger partial charge on any atom is 0.264 e. The first kappa shape index (κ1) is 20.9. The Morgan fingerprint density at radius 2 is 1.68 bits per heavy atom. The Morgan fingerprint density at radius 1 is 0.964 bits per heavy atom. The highest BCUT2D eigenvalue weighted by Gasteiger charge is 2.34. The Hall–Kier alpha value is -1.85. The van der Waals surface area contributed by atoms with Crippen molar-refractivity contribution in [1.29, 1.82) is 0 Å². The van der Waals surface area contributed by atoms with Crippen molar-refractivity contribution in [3.05, 3.63) is 59.2 Å². The van der Waals surface area contributed by atoms with Crippen LogP contribution in [0, 0.1) is 6.92 Å². The van der Waals surface area contributed by atoms with Gasteiger partial charge in [0.2, 0.25) is 0 Å². The molecule has 3 rings (SSSR count). The van der Waals surface area contributed by atoms with E-state index in [1.807, 2.05) is 43.3 Å². The molecule has 0 aromatic heterocycles. The summed E-state index contributed by atoms with van der Waals surface area (Å²) in [7, 11) is -1.93. The van der Waals surface area contributed by atoms with Crippen LogP contribution in [0.2, 0.25) is 0 Å². The number of para-hydroxylation sites is 1. The molecule has 1 aliphatic heterocycles. The topological polar surface area (TPSA) is 49.4 Å². The van der Waals surface area contributed by atoms with Gasteiger partial charge in [0, 0.05) is 7.05 Å². The highest BCUT2D eigenvalue weighted by Crippen LogP contribution is 2.40. The molecule has 0 bridgehead atoms. The molecule has 2 aromatic rings. The smallest absolute Gasteiger partial charge is 0.264 e. The molecule has 1 N–H and O–H groups in total. The summed E-state index contributed by atoms with van der Waals surface area (Å²) in [5.74, 6) is 0. The summed E-state index contributed by atoms with van der Waals surface area (Å²) >= 11 is 0. The molecular formula is C23H32N2O2S. The van der Waals surface area contributed by atoms with Crippen LogP contribution in [-0.4, -0.2) is 22.0 Å². The lowest BCUT2D eigenvalue weighted by atomic mass is 9.95. The zero-order chi connectivity index (χ0) is 20.1. The third-order valence-corrected chi connectivity index (χ3v) is 7.43. The summed E-state index contributed by atoms with van der Waals surface area (Å²) in [5, 5.41) is 3.66. The van der Waals surface area contributed by atoms with Crippen LogP contribution in [0.25, 0.3) is 0 Å². The molecule has 1 heterocycles. The number of anilines is 1. The zero-order valence-electron chi connectivity index (χ0n) is 17.2. The van der Waals surface area contributed by atoms with E-state index in [0.717, 1.165) is 35.3 Å². The van der Waals surface area contributed by atoms with Gasteiger partial charge in [-0.15, -0.1) is 0 Å². The summed E-state index contributed by atoms with van der Waals surface area (Å²) in [6.45, 7) is 5.12. The van der Waals surface area contributed by atoms with Crippen molar-refractivity contribution in [1.82, 2.24) is 5.32 Å². The highest BCUT2D eigenvalue weighted by atomic mass is 32.2. The summed E-state index contributed by atoms with van der Waals surface area (Å²) in [6, 6.07) is 13.3. The number of nitrogens with zero attached hydrogens (tertiary/aromatic N) is 1. The number of sulfonamides is 1. The van der Waals surface area contributed by atoms with Gasteiger partial charge >= 0.3 is 0 Å². The van der Waals surface area contributed by atoms with Gasteiger partial charge in [0.1, 0.15) is 0 Å². The maximum absolute atomic E-state index is 13.2. The number of benzene rings is 2. The number of nitrogens with one attached hydrogen (secondary N) is 1. The second-order valence-electron chi connectivity index (χ2n) is 7.73. The standard InChI is InChI=1S/C23H32N2O2S/c1-4-5-6-7-8-11-16-24-23-19-12-9-10-13-21(19)25(3)28(26,27)22-15-14-18(2)17-20(22)23/h9-10,12-15,17,23-24H,4-8,11,16H2,1-3H3. The monoisotopic (exact) mass is 400 g/mol. The minimum Gasteiger partial charge on any atom is -0.306 e. The molecule has 1 unspecified atom stereocenters. The molecule has 1 aliphatic rings. The molecule has 5 heteroatoms. The van der Waals surface area contributed by atoms with Crippen LogP contribution in [-0.2, 0) is 10.0 Å². The third-order valence-electron chi connectivity index (χ3n) is 5.58. The number of hydrogen-bond acceptors (Lipinski definition) is 3. The van der Waals surface area contributed by atoms with Gasteiger partial charge in [-0.3, -0.25) is 4.31 Å². The third kappa shape index (κ3) is 4.26. The van der Waals surface area contributed by atoms with Crippen molar-refractivity contribution in [3.63, 3.8) is 0 Å². The number of fused-ring (bicyclic) bond motifs is 2. The average molecular weight is 401 g/mol. The fraction of sp³-hybridized carbons (Fsp3) is 0.478. The van der Waals surface area contributed by atoms with Gasteiger partial charge in [0.15, 0.2) is 0 Å². The van der Waals surface area contributed by atoms with Gasteiger partial charge in [-0.2, -0.15) is 0 Å². The fourth-order valence-electron chi connectivity index (χ4n) is 3.96. The van der Waals surface area contributed by atoms with Crippen molar-refractivity contribution in [2.75, 3.05) is 17.9 Å². The van der Waals surface area contributed by atoms with Crippen molar-refractivity contribution >= 4 is 15.7 Å². The SMILES string of the molecule is CCCCCCCCNC1c2ccccc2N(C)S(=O)(=O)c2ccc(C)cc21. The molecule has 152 valence electrons. The van der Waals surface area contributed by atoms with Gasteiger partial charge in [0.25, 0.3) is 10.0 Å². The predicted octanol–water partition coefficient (Wildman–Crippen LogP) is 5.17. The predicted molar refractivity (Wildman–Crippen MR) is 116 cm³/mol. The molecule has 4 nitrogen and oxygen atoms in total. The van der Waals surface area contributed by atoms with Crippen molar-refractivity contribution in [3.8, 4) is 0 Å². The molecule has 2 aromatic carbocycles. The lowest BCUT2D eigenvalue weighted by Crippen LogP contribution is -2.26. The summed E-state index contributed by atoms with van der Waals surface area (Å²) in [6.07, 6.45) is 7.44. The van der Waals surface area contributed by atoms with Crippen LogP contribution in [0.15, 0.2) is 47.4 Å². The minimum atomic E-state index is -3.57. The van der Waals surface area contributed by atoms with Crippen LogP contribution < -0.4 is 9.62 Å². The second-order valence-corrected chi connectivity index (χ2v) is 9.67. The van der Waals surface area contributed by atoms with E-state index in [0.29, 0.717) is 4.90 Å². The van der Waals surface area contributed by atoms with Crippen LogP contribution in [0.4, 0.5) is 5.69 Å². The Balaban J connectivity index is 1.90. The fourth-order valence-corrected chi connectivity index (χ4v) is 5.40. The van der Waals surface area contributed by atoms with E-state index in [9.17, 15) is 8.42 Å². The average Bonchev–Trinajstić information content (AvgIpc) is 2.75. The second kappa shape index (κ2) is 9.10. The molecule has 28 heavy (non-hydrogen) atoms. The molecule has 0 spiro atoms. The van der Waals surface area contributed by atoms with Crippen LogP contribution in [0.3, 0.4) is 0 Å². The molecule has 1 atom stereocenters. The summed E-state index contributed by atoms with van der Waals surface area (Å²) in [4.78, 5) is 0.400. The quantitative estimate of drug-likeness (QED) is 0.622. The van der Waals surface area contributed by atoms with Gasteiger partial charge in [-0.25, -0.2) is 8.42 Å². The zero-order valence-corrected chi connectivity index (χ0v) is 18.1. The van der Waals surface area contributed by atoms with E-state index in [1.165, 1.54) is 36.4 Å². The lowest BCUT2D eigenvalue weighted by molar-refractivity contribution is 0.539. The first-order valence-electron chi connectivity index (χ1n) is 10.4. The Kier molecular flexibility index (Phi) is 6.78. The van der Waals surface area contributed by atoms with Gasteiger partial charge < -0.3 is 5.32 Å². The largest absolute Gasteiger partial charge is 0.306 e. The highest BCUT2D eigenvalue weighted by molar-refractivity contribution is 7.92. The minimum absolute atomic E-state index is 0.124. The molecule has 0 radical (unpaired) electrons. The van der Waals surface area contributed by atoms with Crippen molar-refractivity contribution in [2.45, 2.75) is 63.3 Å².